The summed E-state index contributed by atoms with van der Waals surface area (Å²) in [6, 6.07) is 7.62. The number of carbonyl (C=O) groups excluding carboxylic acids is 1. The van der Waals surface area contributed by atoms with E-state index in [0.717, 1.165) is 10.6 Å². The molecule has 3 nitrogen and oxygen atoms in total. The van der Waals surface area contributed by atoms with Crippen molar-refractivity contribution < 1.29 is 9.53 Å². The second-order valence-electron chi connectivity index (χ2n) is 3.78. The van der Waals surface area contributed by atoms with Crippen LogP contribution in [0.2, 0.25) is 5.02 Å². The monoisotopic (exact) mass is 281 g/mol. The molecule has 0 bridgehead atoms. The number of aromatic nitrogens is 1. The van der Waals surface area contributed by atoms with E-state index in [2.05, 4.69) is 4.98 Å². The zero-order valence-electron chi connectivity index (χ0n) is 10.1. The number of ether oxygens (including phenoxy) is 1. The van der Waals surface area contributed by atoms with Gasteiger partial charge in [-0.3, -0.25) is 0 Å². The summed E-state index contributed by atoms with van der Waals surface area (Å²) in [6.45, 7) is 1.80. The Hall–Kier alpha value is -1.39. The Kier molecular flexibility index (Phi) is 3.99. The largest absolute Gasteiger partial charge is 0.465 e. The van der Waals surface area contributed by atoms with Gasteiger partial charge in [-0.15, -0.1) is 11.3 Å². The van der Waals surface area contributed by atoms with Crippen LogP contribution >= 0.6 is 22.9 Å². The Morgan fingerprint density at radius 2 is 2.17 bits per heavy atom. The van der Waals surface area contributed by atoms with Gasteiger partial charge in [-0.25, -0.2) is 9.78 Å². The van der Waals surface area contributed by atoms with E-state index in [-0.39, 0.29) is 5.97 Å². The smallest absolute Gasteiger partial charge is 0.349 e. The maximum atomic E-state index is 11.5. The third-order valence-corrected chi connectivity index (χ3v) is 4.02. The first-order chi connectivity index (χ1) is 8.61. The van der Waals surface area contributed by atoms with Crippen LogP contribution in [0.1, 0.15) is 25.9 Å². The lowest BCUT2D eigenvalue weighted by Gasteiger charge is -2.00. The van der Waals surface area contributed by atoms with Crippen molar-refractivity contribution >= 4 is 28.9 Å². The van der Waals surface area contributed by atoms with E-state index in [0.29, 0.717) is 22.0 Å². The highest BCUT2D eigenvalue weighted by molar-refractivity contribution is 7.13. The first kappa shape index (κ1) is 13.1. The number of thiazole rings is 1. The van der Waals surface area contributed by atoms with Crippen molar-refractivity contribution in [3.05, 3.63) is 50.4 Å². The fraction of sp³-hybridized carbons (Fsp3) is 0.231. The van der Waals surface area contributed by atoms with Gasteiger partial charge in [-0.2, -0.15) is 0 Å². The standard InChI is InChI=1S/C13H12ClNO2S/c1-8-12(13(16)17-2)18-11(15-8)7-9-5-3-4-6-10(9)14/h3-6H,7H2,1-2H3. The average Bonchev–Trinajstić information content (AvgIpc) is 2.72. The van der Waals surface area contributed by atoms with E-state index in [1.165, 1.54) is 18.4 Å². The molecule has 0 amide bonds. The summed E-state index contributed by atoms with van der Waals surface area (Å²) in [5, 5.41) is 1.57. The number of aryl methyl sites for hydroxylation is 1. The van der Waals surface area contributed by atoms with Crippen molar-refractivity contribution in [1.82, 2.24) is 4.98 Å². The van der Waals surface area contributed by atoms with Crippen LogP contribution in [-0.4, -0.2) is 18.1 Å². The Balaban J connectivity index is 2.26. The van der Waals surface area contributed by atoms with Crippen LogP contribution in [0.15, 0.2) is 24.3 Å². The Morgan fingerprint density at radius 1 is 1.44 bits per heavy atom. The number of nitrogens with zero attached hydrogens (tertiary/aromatic N) is 1. The highest BCUT2D eigenvalue weighted by Crippen LogP contribution is 2.24. The average molecular weight is 282 g/mol. The van der Waals surface area contributed by atoms with E-state index < -0.39 is 0 Å². The summed E-state index contributed by atoms with van der Waals surface area (Å²) in [6.07, 6.45) is 0.627. The Labute approximate surface area is 114 Å². The maximum absolute atomic E-state index is 11.5. The third kappa shape index (κ3) is 2.71. The maximum Gasteiger partial charge on any atom is 0.349 e. The van der Waals surface area contributed by atoms with Crippen LogP contribution in [0.3, 0.4) is 0 Å². The fourth-order valence-corrected chi connectivity index (χ4v) is 2.82. The van der Waals surface area contributed by atoms with E-state index in [9.17, 15) is 4.79 Å². The van der Waals surface area contributed by atoms with Crippen LogP contribution in [0.4, 0.5) is 0 Å². The van der Waals surface area contributed by atoms with Crippen LogP contribution in [0.5, 0.6) is 0 Å². The summed E-state index contributed by atoms with van der Waals surface area (Å²) in [4.78, 5) is 16.4. The summed E-state index contributed by atoms with van der Waals surface area (Å²) in [5.41, 5.74) is 1.71. The van der Waals surface area contributed by atoms with E-state index in [4.69, 9.17) is 16.3 Å². The summed E-state index contributed by atoms with van der Waals surface area (Å²) < 4.78 is 4.71. The van der Waals surface area contributed by atoms with Crippen molar-refractivity contribution in [1.29, 1.82) is 0 Å². The summed E-state index contributed by atoms with van der Waals surface area (Å²) in [5.74, 6) is -0.338. The molecule has 0 saturated carbocycles. The Bertz CT molecular complexity index is 580. The number of halogens is 1. The molecule has 0 aliphatic heterocycles. The van der Waals surface area contributed by atoms with Gasteiger partial charge >= 0.3 is 5.97 Å². The summed E-state index contributed by atoms with van der Waals surface area (Å²) >= 11 is 7.45. The number of benzene rings is 1. The van der Waals surface area contributed by atoms with Gasteiger partial charge in [0, 0.05) is 11.4 Å². The molecule has 1 heterocycles. The number of carbonyl (C=O) groups is 1. The van der Waals surface area contributed by atoms with Crippen LogP contribution in [0.25, 0.3) is 0 Å². The molecule has 94 valence electrons. The Morgan fingerprint density at radius 3 is 2.83 bits per heavy atom. The zero-order valence-corrected chi connectivity index (χ0v) is 11.6. The second kappa shape index (κ2) is 5.50. The lowest BCUT2D eigenvalue weighted by atomic mass is 10.2. The van der Waals surface area contributed by atoms with Crippen molar-refractivity contribution in [3.8, 4) is 0 Å². The highest BCUT2D eigenvalue weighted by atomic mass is 35.5. The molecule has 1 aromatic heterocycles. The van der Waals surface area contributed by atoms with E-state index in [1.807, 2.05) is 24.3 Å². The second-order valence-corrected chi connectivity index (χ2v) is 5.27. The van der Waals surface area contributed by atoms with E-state index >= 15 is 0 Å². The van der Waals surface area contributed by atoms with Crippen molar-refractivity contribution in [2.75, 3.05) is 7.11 Å². The van der Waals surface area contributed by atoms with Crippen LogP contribution in [-0.2, 0) is 11.2 Å². The minimum atomic E-state index is -0.338. The number of hydrogen-bond acceptors (Lipinski definition) is 4. The predicted octanol–water partition coefficient (Wildman–Crippen LogP) is 3.48. The molecule has 0 N–H and O–H groups in total. The normalized spacial score (nSPS) is 10.4. The molecule has 1 aromatic carbocycles. The van der Waals surface area contributed by atoms with Gasteiger partial charge in [0.05, 0.1) is 17.8 Å². The molecular formula is C13H12ClNO2S. The minimum absolute atomic E-state index is 0.338. The molecule has 0 aliphatic carbocycles. The summed E-state index contributed by atoms with van der Waals surface area (Å²) in [7, 11) is 1.37. The highest BCUT2D eigenvalue weighted by Gasteiger charge is 2.16. The molecule has 0 unspecified atom stereocenters. The molecule has 0 aliphatic rings. The molecule has 0 saturated heterocycles. The van der Waals surface area contributed by atoms with Crippen molar-refractivity contribution in [2.45, 2.75) is 13.3 Å². The molecular weight excluding hydrogens is 270 g/mol. The number of esters is 1. The molecule has 2 rings (SSSR count). The van der Waals surface area contributed by atoms with Crippen LogP contribution < -0.4 is 0 Å². The lowest BCUT2D eigenvalue weighted by molar-refractivity contribution is 0.0605. The molecule has 0 fully saturated rings. The minimum Gasteiger partial charge on any atom is -0.465 e. The SMILES string of the molecule is COC(=O)c1sc(Cc2ccccc2Cl)nc1C. The number of rotatable bonds is 3. The zero-order chi connectivity index (χ0) is 13.1. The van der Waals surface area contributed by atoms with E-state index in [1.54, 1.807) is 6.92 Å². The van der Waals surface area contributed by atoms with Gasteiger partial charge in [0.15, 0.2) is 0 Å². The lowest BCUT2D eigenvalue weighted by Crippen LogP contribution is -1.99. The van der Waals surface area contributed by atoms with Gasteiger partial charge in [0.2, 0.25) is 0 Å². The van der Waals surface area contributed by atoms with Gasteiger partial charge in [-0.1, -0.05) is 29.8 Å². The molecule has 2 aromatic rings. The molecule has 18 heavy (non-hydrogen) atoms. The molecule has 0 spiro atoms. The van der Waals surface area contributed by atoms with Gasteiger partial charge in [0.25, 0.3) is 0 Å². The van der Waals surface area contributed by atoms with Crippen molar-refractivity contribution in [2.24, 2.45) is 0 Å². The molecule has 0 radical (unpaired) electrons. The van der Waals surface area contributed by atoms with Gasteiger partial charge in [-0.05, 0) is 18.6 Å². The number of methoxy groups -OCH3 is 1. The predicted molar refractivity (Wildman–Crippen MR) is 72.4 cm³/mol. The van der Waals surface area contributed by atoms with Crippen molar-refractivity contribution in [3.63, 3.8) is 0 Å². The van der Waals surface area contributed by atoms with Gasteiger partial charge < -0.3 is 4.74 Å². The third-order valence-electron chi connectivity index (χ3n) is 2.51. The quantitative estimate of drug-likeness (QED) is 0.809. The number of hydrogen-bond donors (Lipinski definition) is 0. The first-order valence-corrected chi connectivity index (χ1v) is 6.59. The molecule has 5 heteroatoms. The molecule has 0 atom stereocenters. The fourth-order valence-electron chi connectivity index (χ4n) is 1.61. The van der Waals surface area contributed by atoms with Crippen LogP contribution in [0, 0.1) is 6.92 Å². The van der Waals surface area contributed by atoms with Gasteiger partial charge in [0.1, 0.15) is 4.88 Å². The first-order valence-electron chi connectivity index (χ1n) is 5.40. The topological polar surface area (TPSA) is 39.2 Å².